The van der Waals surface area contributed by atoms with Crippen LogP contribution in [0.5, 0.6) is 0 Å². The molecule has 5 nitrogen and oxygen atoms in total. The molecule has 0 spiro atoms. The van der Waals surface area contributed by atoms with Gasteiger partial charge in [-0.2, -0.15) is 0 Å². The minimum Gasteiger partial charge on any atom is -0.381 e. The van der Waals surface area contributed by atoms with E-state index in [0.717, 1.165) is 37.5 Å². The molecular weight excluding hydrogens is 312 g/mol. The highest BCUT2D eigenvalue weighted by atomic mass is 16.5. The highest BCUT2D eigenvalue weighted by Gasteiger charge is 2.37. The lowest BCUT2D eigenvalue weighted by Gasteiger charge is -2.37. The predicted molar refractivity (Wildman–Crippen MR) is 101 cm³/mol. The van der Waals surface area contributed by atoms with Gasteiger partial charge >= 0.3 is 0 Å². The van der Waals surface area contributed by atoms with Gasteiger partial charge in [-0.05, 0) is 43.2 Å². The van der Waals surface area contributed by atoms with Gasteiger partial charge in [-0.25, -0.2) is 4.98 Å². The topological polar surface area (TPSA) is 31.8 Å². The van der Waals surface area contributed by atoms with Crippen LogP contribution in [0.15, 0.2) is 18.3 Å². The molecule has 1 aromatic heterocycles. The molecule has 138 valence electrons. The summed E-state index contributed by atoms with van der Waals surface area (Å²) in [4.78, 5) is 12.2. The normalized spacial score (nSPS) is 28.9. The molecule has 0 unspecified atom stereocenters. The summed E-state index contributed by atoms with van der Waals surface area (Å²) in [7, 11) is 4.08. The van der Waals surface area contributed by atoms with E-state index in [-0.39, 0.29) is 0 Å². The maximum absolute atomic E-state index is 5.57. The lowest BCUT2D eigenvalue weighted by Crippen LogP contribution is -2.45. The van der Waals surface area contributed by atoms with E-state index in [0.29, 0.717) is 6.04 Å². The maximum atomic E-state index is 5.57. The van der Waals surface area contributed by atoms with E-state index in [1.54, 1.807) is 0 Å². The highest BCUT2D eigenvalue weighted by Crippen LogP contribution is 2.31. The maximum Gasteiger partial charge on any atom is 0.127 e. The second-order valence-electron chi connectivity index (χ2n) is 8.24. The number of ether oxygens (including phenoxy) is 1. The van der Waals surface area contributed by atoms with Crippen LogP contribution < -0.4 is 4.90 Å². The van der Waals surface area contributed by atoms with Gasteiger partial charge in [-0.3, -0.25) is 9.80 Å². The Kier molecular flexibility index (Phi) is 5.25. The molecule has 4 aliphatic rings. The summed E-state index contributed by atoms with van der Waals surface area (Å²) < 4.78 is 5.57. The fraction of sp³-hybridized carbons (Fsp3) is 0.750. The monoisotopic (exact) mass is 344 g/mol. The van der Waals surface area contributed by atoms with E-state index in [2.05, 4.69) is 38.0 Å². The van der Waals surface area contributed by atoms with Crippen LogP contribution in [0.2, 0.25) is 0 Å². The first-order chi connectivity index (χ1) is 12.2. The van der Waals surface area contributed by atoms with Gasteiger partial charge in [0.05, 0.1) is 0 Å². The van der Waals surface area contributed by atoms with Gasteiger partial charge in [0.1, 0.15) is 5.82 Å². The molecule has 0 saturated carbocycles. The molecule has 0 aliphatic carbocycles. The lowest BCUT2D eigenvalue weighted by molar-refractivity contribution is 0.0307. The Balaban J connectivity index is 1.41. The molecule has 0 radical (unpaired) electrons. The summed E-state index contributed by atoms with van der Waals surface area (Å²) in [5.74, 6) is 1.86. The summed E-state index contributed by atoms with van der Waals surface area (Å²) in [6.45, 7) is 6.72. The number of piperidine rings is 1. The molecule has 5 heteroatoms. The van der Waals surface area contributed by atoms with Crippen molar-refractivity contribution < 1.29 is 4.74 Å². The minimum absolute atomic E-state index is 0.704. The first-order valence-corrected chi connectivity index (χ1v) is 9.87. The Labute approximate surface area is 152 Å². The van der Waals surface area contributed by atoms with Gasteiger partial charge in [0.2, 0.25) is 0 Å². The average Bonchev–Trinajstić information content (AvgIpc) is 2.95. The standard InChI is InChI=1S/C20H32N4O/c1-22(2)20-6-4-16(11-21-20)12-23-13-17-3-5-19(23)15-24(14-17)18-7-9-25-10-8-18/h4,6,11,17-19H,3,5,7-10,12-15H2,1-2H3/t17-,19-/m1/s1. The highest BCUT2D eigenvalue weighted by molar-refractivity contribution is 5.37. The van der Waals surface area contributed by atoms with Crippen molar-refractivity contribution in [2.24, 2.45) is 5.92 Å². The smallest absolute Gasteiger partial charge is 0.127 e. The van der Waals surface area contributed by atoms with Crippen LogP contribution >= 0.6 is 0 Å². The summed E-state index contributed by atoms with van der Waals surface area (Å²) in [6, 6.07) is 5.84. The van der Waals surface area contributed by atoms with Crippen molar-refractivity contribution in [2.75, 3.05) is 51.8 Å². The van der Waals surface area contributed by atoms with Crippen LogP contribution in [-0.2, 0) is 11.3 Å². The number of anilines is 1. The molecule has 0 amide bonds. The van der Waals surface area contributed by atoms with Crippen LogP contribution in [0.4, 0.5) is 5.82 Å². The Morgan fingerprint density at radius 2 is 1.88 bits per heavy atom. The van der Waals surface area contributed by atoms with Crippen LogP contribution in [0.1, 0.15) is 31.2 Å². The van der Waals surface area contributed by atoms with Crippen molar-refractivity contribution in [3.05, 3.63) is 23.9 Å². The third-order valence-electron chi connectivity index (χ3n) is 6.22. The molecule has 2 atom stereocenters. The van der Waals surface area contributed by atoms with Crippen molar-refractivity contribution >= 4 is 5.82 Å². The third kappa shape index (κ3) is 3.99. The molecule has 0 N–H and O–H groups in total. The molecule has 1 aromatic rings. The number of hydrogen-bond acceptors (Lipinski definition) is 5. The number of aromatic nitrogens is 1. The lowest BCUT2D eigenvalue weighted by atomic mass is 9.94. The molecule has 25 heavy (non-hydrogen) atoms. The van der Waals surface area contributed by atoms with E-state index < -0.39 is 0 Å². The Morgan fingerprint density at radius 1 is 1.04 bits per heavy atom. The van der Waals surface area contributed by atoms with Crippen molar-refractivity contribution in [1.82, 2.24) is 14.8 Å². The van der Waals surface area contributed by atoms with Gasteiger partial charge in [-0.1, -0.05) is 6.07 Å². The summed E-state index contributed by atoms with van der Waals surface area (Å²) >= 11 is 0. The van der Waals surface area contributed by atoms with Gasteiger partial charge < -0.3 is 9.64 Å². The molecule has 4 fully saturated rings. The van der Waals surface area contributed by atoms with E-state index in [9.17, 15) is 0 Å². The molecule has 4 saturated heterocycles. The quantitative estimate of drug-likeness (QED) is 0.836. The summed E-state index contributed by atoms with van der Waals surface area (Å²) in [5.41, 5.74) is 1.34. The van der Waals surface area contributed by atoms with Gasteiger partial charge in [-0.15, -0.1) is 0 Å². The SMILES string of the molecule is CN(C)c1ccc(CN2C[C@H]3CC[C@@H]2CN(C2CCOCC2)C3)cn1. The molecule has 4 aliphatic heterocycles. The fourth-order valence-electron chi connectivity index (χ4n) is 4.77. The van der Waals surface area contributed by atoms with E-state index in [4.69, 9.17) is 4.74 Å². The van der Waals surface area contributed by atoms with Gasteiger partial charge in [0.25, 0.3) is 0 Å². The largest absolute Gasteiger partial charge is 0.381 e. The zero-order valence-corrected chi connectivity index (χ0v) is 15.7. The Bertz CT molecular complexity index is 555. The number of pyridine rings is 1. The predicted octanol–water partition coefficient (Wildman–Crippen LogP) is 2.22. The molecule has 2 bridgehead atoms. The first kappa shape index (κ1) is 17.3. The van der Waals surface area contributed by atoms with Gasteiger partial charge in [0.15, 0.2) is 0 Å². The molecule has 5 rings (SSSR count). The number of nitrogens with zero attached hydrogens (tertiary/aromatic N) is 4. The second-order valence-corrected chi connectivity index (χ2v) is 8.24. The molecule has 0 aromatic carbocycles. The second kappa shape index (κ2) is 7.60. The van der Waals surface area contributed by atoms with Crippen molar-refractivity contribution in [3.8, 4) is 0 Å². The number of fused-ring (bicyclic) bond motifs is 4. The Morgan fingerprint density at radius 3 is 2.60 bits per heavy atom. The Hall–Kier alpha value is -1.17. The average molecular weight is 345 g/mol. The third-order valence-corrected chi connectivity index (χ3v) is 6.22. The minimum atomic E-state index is 0.704. The van der Waals surface area contributed by atoms with Crippen molar-refractivity contribution in [3.63, 3.8) is 0 Å². The van der Waals surface area contributed by atoms with Crippen molar-refractivity contribution in [1.29, 1.82) is 0 Å². The molecular formula is C20H32N4O. The van der Waals surface area contributed by atoms with E-state index >= 15 is 0 Å². The van der Waals surface area contributed by atoms with Crippen molar-refractivity contribution in [2.45, 2.75) is 44.3 Å². The zero-order chi connectivity index (χ0) is 17.2. The number of hydrogen-bond donors (Lipinski definition) is 0. The van der Waals surface area contributed by atoms with Gasteiger partial charge in [0, 0.05) is 71.8 Å². The van der Waals surface area contributed by atoms with E-state index in [1.807, 2.05) is 14.1 Å². The molecule has 5 heterocycles. The fourth-order valence-corrected chi connectivity index (χ4v) is 4.77. The van der Waals surface area contributed by atoms with Crippen LogP contribution in [-0.4, -0.2) is 73.8 Å². The van der Waals surface area contributed by atoms with Crippen LogP contribution in [0.3, 0.4) is 0 Å². The van der Waals surface area contributed by atoms with Crippen LogP contribution in [0.25, 0.3) is 0 Å². The first-order valence-electron chi connectivity index (χ1n) is 9.87. The summed E-state index contributed by atoms with van der Waals surface area (Å²) in [6.07, 6.45) is 7.25. The zero-order valence-electron chi connectivity index (χ0n) is 15.7. The number of rotatable bonds is 4. The summed E-state index contributed by atoms with van der Waals surface area (Å²) in [5, 5.41) is 0. The van der Waals surface area contributed by atoms with E-state index in [1.165, 1.54) is 50.9 Å². The van der Waals surface area contributed by atoms with Crippen LogP contribution in [0, 0.1) is 5.92 Å².